The largest absolute Gasteiger partial charge is 0.388 e. The quantitative estimate of drug-likeness (QED) is 0.905. The summed E-state index contributed by atoms with van der Waals surface area (Å²) in [6, 6.07) is 5.82. The highest BCUT2D eigenvalue weighted by molar-refractivity contribution is 5.83. The van der Waals surface area contributed by atoms with Gasteiger partial charge in [-0.05, 0) is 38.3 Å². The van der Waals surface area contributed by atoms with Crippen molar-refractivity contribution in [3.8, 4) is 0 Å². The van der Waals surface area contributed by atoms with E-state index < -0.39 is 5.60 Å². The van der Waals surface area contributed by atoms with E-state index in [1.165, 1.54) is 0 Å². The number of carbonyl (C=O) groups is 1. The topological polar surface area (TPSA) is 69.2 Å². The van der Waals surface area contributed by atoms with Gasteiger partial charge < -0.3 is 10.0 Å². The van der Waals surface area contributed by atoms with Gasteiger partial charge in [0.25, 0.3) is 0 Å². The number of aromatic nitrogens is 2. The fourth-order valence-electron chi connectivity index (χ4n) is 3.17. The third kappa shape index (κ3) is 2.78. The number of H-pyrrole nitrogens is 1. The number of aliphatic hydroxyl groups is 1. The second kappa shape index (κ2) is 5.15. The fraction of sp³-hybridized carbons (Fsp3) is 0.500. The number of carbonyl (C=O) groups excluding carboxylic acids is 1. The molecule has 0 bridgehead atoms. The molecule has 2 aromatic rings. The third-order valence-corrected chi connectivity index (χ3v) is 4.25. The zero-order valence-electron chi connectivity index (χ0n) is 12.5. The van der Waals surface area contributed by atoms with Crippen molar-refractivity contribution in [3.05, 3.63) is 30.0 Å². The standard InChI is InChI=1S/C16H21N3O2/c1-16(2,21)14-4-3-7-19(14)15(20)9-11-5-6-12-10-17-18-13(12)8-11/h5-6,8,10,14,21H,3-4,7,9H2,1-2H3,(H,17,18)/t14-/m0/s1. The maximum atomic E-state index is 12.5. The van der Waals surface area contributed by atoms with Gasteiger partial charge in [-0.1, -0.05) is 12.1 Å². The van der Waals surface area contributed by atoms with E-state index >= 15 is 0 Å². The van der Waals surface area contributed by atoms with Crippen molar-refractivity contribution in [1.29, 1.82) is 0 Å². The van der Waals surface area contributed by atoms with Crippen LogP contribution in [-0.4, -0.2) is 44.3 Å². The minimum absolute atomic E-state index is 0.0819. The van der Waals surface area contributed by atoms with E-state index in [1.807, 2.05) is 23.1 Å². The Bertz CT molecular complexity index is 657. The van der Waals surface area contributed by atoms with Crippen LogP contribution in [0.25, 0.3) is 10.9 Å². The van der Waals surface area contributed by atoms with Crippen LogP contribution in [0.15, 0.2) is 24.4 Å². The van der Waals surface area contributed by atoms with Crippen molar-refractivity contribution in [2.24, 2.45) is 0 Å². The van der Waals surface area contributed by atoms with Crippen LogP contribution in [0.3, 0.4) is 0 Å². The second-order valence-corrected chi connectivity index (χ2v) is 6.37. The Morgan fingerprint density at radius 1 is 1.52 bits per heavy atom. The number of nitrogens with zero attached hydrogens (tertiary/aromatic N) is 2. The van der Waals surface area contributed by atoms with Crippen LogP contribution in [0.4, 0.5) is 0 Å². The van der Waals surface area contributed by atoms with Crippen LogP contribution in [0, 0.1) is 0 Å². The van der Waals surface area contributed by atoms with Crippen molar-refractivity contribution >= 4 is 16.8 Å². The third-order valence-electron chi connectivity index (χ3n) is 4.25. The Labute approximate surface area is 124 Å². The van der Waals surface area contributed by atoms with Gasteiger partial charge in [0.2, 0.25) is 5.91 Å². The number of fused-ring (bicyclic) bond motifs is 1. The molecule has 1 aliphatic heterocycles. The number of hydrogen-bond donors (Lipinski definition) is 2. The lowest BCUT2D eigenvalue weighted by atomic mass is 9.96. The van der Waals surface area contributed by atoms with Gasteiger partial charge >= 0.3 is 0 Å². The predicted octanol–water partition coefficient (Wildman–Crippen LogP) is 1.87. The average molecular weight is 287 g/mol. The number of amides is 1. The molecule has 0 radical (unpaired) electrons. The Kier molecular flexibility index (Phi) is 3.45. The van der Waals surface area contributed by atoms with E-state index in [1.54, 1.807) is 20.0 Å². The zero-order valence-corrected chi connectivity index (χ0v) is 12.5. The van der Waals surface area contributed by atoms with Crippen molar-refractivity contribution in [3.63, 3.8) is 0 Å². The Morgan fingerprint density at radius 3 is 3.10 bits per heavy atom. The summed E-state index contributed by atoms with van der Waals surface area (Å²) >= 11 is 0. The molecule has 1 aromatic carbocycles. The molecule has 1 saturated heterocycles. The Hall–Kier alpha value is -1.88. The fourth-order valence-corrected chi connectivity index (χ4v) is 3.17. The molecule has 2 heterocycles. The molecular weight excluding hydrogens is 266 g/mol. The maximum absolute atomic E-state index is 12.5. The molecule has 112 valence electrons. The highest BCUT2D eigenvalue weighted by Crippen LogP contribution is 2.27. The van der Waals surface area contributed by atoms with Gasteiger partial charge in [-0.3, -0.25) is 9.89 Å². The second-order valence-electron chi connectivity index (χ2n) is 6.37. The van der Waals surface area contributed by atoms with Crippen LogP contribution >= 0.6 is 0 Å². The molecule has 1 fully saturated rings. The minimum Gasteiger partial charge on any atom is -0.388 e. The minimum atomic E-state index is -0.848. The number of benzene rings is 1. The first-order chi connectivity index (χ1) is 9.95. The summed E-state index contributed by atoms with van der Waals surface area (Å²) in [4.78, 5) is 14.4. The summed E-state index contributed by atoms with van der Waals surface area (Å²) in [6.45, 7) is 4.29. The van der Waals surface area contributed by atoms with Gasteiger partial charge in [-0.2, -0.15) is 5.10 Å². The molecule has 5 nitrogen and oxygen atoms in total. The molecule has 3 rings (SSSR count). The number of aromatic amines is 1. The van der Waals surface area contributed by atoms with Crippen LogP contribution in [-0.2, 0) is 11.2 Å². The first kappa shape index (κ1) is 14.1. The average Bonchev–Trinajstić information content (AvgIpc) is 3.06. The van der Waals surface area contributed by atoms with Gasteiger partial charge in [0.05, 0.1) is 29.8 Å². The first-order valence-corrected chi connectivity index (χ1v) is 7.39. The zero-order chi connectivity index (χ0) is 15.0. The summed E-state index contributed by atoms with van der Waals surface area (Å²) in [7, 11) is 0. The monoisotopic (exact) mass is 287 g/mol. The smallest absolute Gasteiger partial charge is 0.227 e. The molecule has 0 aliphatic carbocycles. The molecule has 1 amide bonds. The van der Waals surface area contributed by atoms with Crippen LogP contribution in [0.1, 0.15) is 32.3 Å². The molecule has 21 heavy (non-hydrogen) atoms. The Balaban J connectivity index is 1.76. The Morgan fingerprint density at radius 2 is 2.33 bits per heavy atom. The van der Waals surface area contributed by atoms with Crippen LogP contribution in [0.2, 0.25) is 0 Å². The molecule has 0 saturated carbocycles. The van der Waals surface area contributed by atoms with Gasteiger partial charge in [-0.15, -0.1) is 0 Å². The van der Waals surface area contributed by atoms with E-state index in [-0.39, 0.29) is 11.9 Å². The van der Waals surface area contributed by atoms with E-state index in [2.05, 4.69) is 10.2 Å². The normalized spacial score (nSPS) is 19.4. The number of nitrogens with one attached hydrogen (secondary N) is 1. The summed E-state index contributed by atoms with van der Waals surface area (Å²) < 4.78 is 0. The molecule has 1 atom stereocenters. The summed E-state index contributed by atoms with van der Waals surface area (Å²) in [5.74, 6) is 0.0819. The van der Waals surface area contributed by atoms with Gasteiger partial charge in [0.15, 0.2) is 0 Å². The van der Waals surface area contributed by atoms with E-state index in [9.17, 15) is 9.90 Å². The molecule has 0 unspecified atom stereocenters. The molecule has 1 aromatic heterocycles. The van der Waals surface area contributed by atoms with Gasteiger partial charge in [-0.25, -0.2) is 0 Å². The van der Waals surface area contributed by atoms with Crippen LogP contribution < -0.4 is 0 Å². The summed E-state index contributed by atoms with van der Waals surface area (Å²) in [5, 5.41) is 18.2. The van der Waals surface area contributed by atoms with E-state index in [0.29, 0.717) is 6.42 Å². The van der Waals surface area contributed by atoms with Crippen molar-refractivity contribution in [1.82, 2.24) is 15.1 Å². The number of rotatable bonds is 3. The molecular formula is C16H21N3O2. The predicted molar refractivity (Wildman–Crippen MR) is 80.8 cm³/mol. The lowest BCUT2D eigenvalue weighted by Gasteiger charge is -2.33. The molecule has 1 aliphatic rings. The summed E-state index contributed by atoms with van der Waals surface area (Å²) in [6.07, 6.45) is 3.96. The summed E-state index contributed by atoms with van der Waals surface area (Å²) in [5.41, 5.74) is 1.07. The van der Waals surface area contributed by atoms with Crippen molar-refractivity contribution in [2.45, 2.75) is 44.8 Å². The van der Waals surface area contributed by atoms with E-state index in [0.717, 1.165) is 35.9 Å². The van der Waals surface area contributed by atoms with E-state index in [4.69, 9.17) is 0 Å². The maximum Gasteiger partial charge on any atom is 0.227 e. The molecule has 0 spiro atoms. The highest BCUT2D eigenvalue weighted by atomic mass is 16.3. The number of hydrogen-bond acceptors (Lipinski definition) is 3. The van der Waals surface area contributed by atoms with Gasteiger partial charge in [0, 0.05) is 11.9 Å². The van der Waals surface area contributed by atoms with Crippen molar-refractivity contribution < 1.29 is 9.90 Å². The lowest BCUT2D eigenvalue weighted by Crippen LogP contribution is -2.48. The molecule has 5 heteroatoms. The first-order valence-electron chi connectivity index (χ1n) is 7.39. The highest BCUT2D eigenvalue weighted by Gasteiger charge is 2.38. The van der Waals surface area contributed by atoms with Crippen LogP contribution in [0.5, 0.6) is 0 Å². The SMILES string of the molecule is CC(C)(O)[C@@H]1CCCN1C(=O)Cc1ccc2cn[nH]c2c1. The number of likely N-dealkylation sites (tertiary alicyclic amines) is 1. The van der Waals surface area contributed by atoms with Gasteiger partial charge in [0.1, 0.15) is 0 Å². The lowest BCUT2D eigenvalue weighted by molar-refractivity contribution is -0.135. The van der Waals surface area contributed by atoms with Crippen molar-refractivity contribution in [2.75, 3.05) is 6.54 Å². The molecule has 2 N–H and O–H groups in total.